The average Bonchev–Trinajstić information content (AvgIpc) is 2.62. The van der Waals surface area contributed by atoms with Crippen molar-refractivity contribution in [2.45, 2.75) is 51.3 Å². The summed E-state index contributed by atoms with van der Waals surface area (Å²) in [6.45, 7) is 4.95. The summed E-state index contributed by atoms with van der Waals surface area (Å²) in [5, 5.41) is 0. The van der Waals surface area contributed by atoms with Crippen LogP contribution < -0.4 is 4.90 Å². The molecule has 1 aromatic rings. The highest BCUT2D eigenvalue weighted by Gasteiger charge is 2.45. The van der Waals surface area contributed by atoms with Crippen LogP contribution in [-0.2, 0) is 32.2 Å². The van der Waals surface area contributed by atoms with Gasteiger partial charge >= 0.3 is 18.2 Å². The normalized spacial score (nSPS) is 13.4. The third-order valence-electron chi connectivity index (χ3n) is 3.97. The summed E-state index contributed by atoms with van der Waals surface area (Å²) in [7, 11) is 7.55. The van der Waals surface area contributed by atoms with E-state index in [-0.39, 0.29) is 29.5 Å². The van der Waals surface area contributed by atoms with Crippen LogP contribution in [0.25, 0.3) is 0 Å². The van der Waals surface area contributed by atoms with E-state index in [1.54, 1.807) is 20.8 Å². The fourth-order valence-electron chi connectivity index (χ4n) is 2.52. The van der Waals surface area contributed by atoms with Crippen molar-refractivity contribution in [1.82, 2.24) is 0 Å². The molecule has 1 aromatic carbocycles. The zero-order valence-corrected chi connectivity index (χ0v) is 18.7. The number of alkyl halides is 3. The van der Waals surface area contributed by atoms with Crippen LogP contribution in [0.15, 0.2) is 12.1 Å². The highest BCUT2D eigenvalue weighted by molar-refractivity contribution is 7.85. The maximum Gasteiger partial charge on any atom is 0.426 e. The van der Waals surface area contributed by atoms with Crippen molar-refractivity contribution in [2.24, 2.45) is 0 Å². The van der Waals surface area contributed by atoms with E-state index in [4.69, 9.17) is 25.0 Å². The summed E-state index contributed by atoms with van der Waals surface area (Å²) in [4.78, 5) is 25.9. The van der Waals surface area contributed by atoms with Crippen molar-refractivity contribution in [3.05, 3.63) is 28.8 Å². The van der Waals surface area contributed by atoms with Gasteiger partial charge in [0.1, 0.15) is 11.4 Å². The Morgan fingerprint density at radius 3 is 2.06 bits per heavy atom. The number of halogens is 3. The van der Waals surface area contributed by atoms with Gasteiger partial charge < -0.3 is 9.47 Å². The first-order valence-electron chi connectivity index (χ1n) is 9.15. The van der Waals surface area contributed by atoms with Crippen molar-refractivity contribution in [3.8, 4) is 0 Å². The van der Waals surface area contributed by atoms with Gasteiger partial charge in [0.05, 0.1) is 21.3 Å². The smallest absolute Gasteiger partial charge is 0.426 e. The number of hydrogen-bond acceptors (Lipinski definition) is 6. The van der Waals surface area contributed by atoms with E-state index < -0.39 is 51.4 Å². The summed E-state index contributed by atoms with van der Waals surface area (Å²) in [6.07, 6.45) is -9.68. The number of benzene rings is 1. The van der Waals surface area contributed by atoms with E-state index in [9.17, 15) is 31.2 Å². The van der Waals surface area contributed by atoms with Crippen molar-refractivity contribution in [1.29, 1.82) is 0 Å². The summed E-state index contributed by atoms with van der Waals surface area (Å²) < 4.78 is 79.4. The van der Waals surface area contributed by atoms with E-state index in [1.807, 2.05) is 0 Å². The first-order valence-corrected chi connectivity index (χ1v) is 10.8. The Labute approximate surface area is 187 Å². The van der Waals surface area contributed by atoms with Gasteiger partial charge in [-0.25, -0.2) is 9.59 Å². The lowest BCUT2D eigenvalue weighted by Gasteiger charge is -2.27. The molecule has 1 rings (SSSR count). The number of carbonyl (C=O) groups is 2. The molecule has 0 heterocycles. The van der Waals surface area contributed by atoms with Gasteiger partial charge in [-0.15, -0.1) is 0 Å². The van der Waals surface area contributed by atoms with Crippen LogP contribution in [0.2, 0.25) is 0 Å². The maximum atomic E-state index is 13.1. The molecule has 0 saturated carbocycles. The highest BCUT2D eigenvalue weighted by Crippen LogP contribution is 2.29. The Bertz CT molecular complexity index is 963. The molecule has 14 heteroatoms. The number of rotatable bonds is 7. The predicted octanol–water partition coefficient (Wildman–Crippen LogP) is 2.37. The van der Waals surface area contributed by atoms with Crippen molar-refractivity contribution >= 4 is 43.6 Å². The van der Waals surface area contributed by atoms with Crippen molar-refractivity contribution in [3.63, 3.8) is 0 Å². The molecule has 0 aliphatic carbocycles. The van der Waals surface area contributed by atoms with Crippen LogP contribution in [-0.4, -0.2) is 71.4 Å². The molecular weight excluding hydrogens is 453 g/mol. The van der Waals surface area contributed by atoms with Gasteiger partial charge in [-0.05, 0) is 44.0 Å². The molecule has 0 aromatic heterocycles. The number of amides is 1. The fourth-order valence-corrected chi connectivity index (χ4v) is 3.16. The molecule has 0 spiro atoms. The molecule has 0 bridgehead atoms. The van der Waals surface area contributed by atoms with Crippen LogP contribution in [0.1, 0.15) is 42.3 Å². The molecule has 0 aliphatic heterocycles. The summed E-state index contributed by atoms with van der Waals surface area (Å²) in [5.41, 5.74) is -0.830. The van der Waals surface area contributed by atoms with Gasteiger partial charge in [0.25, 0.3) is 10.1 Å². The second-order valence-corrected chi connectivity index (χ2v) is 9.27. The fraction of sp³-hybridized carbons (Fsp3) is 0.556. The third kappa shape index (κ3) is 8.05. The molecule has 0 aliphatic rings. The molecule has 8 nitrogen and oxygen atoms in total. The molecule has 1 unspecified atom stereocenters. The molecule has 0 fully saturated rings. The number of hydrogen-bond donors (Lipinski definition) is 1. The number of nitrogens with zero attached hydrogens (tertiary/aromatic N) is 1. The van der Waals surface area contributed by atoms with Gasteiger partial charge in [0.2, 0.25) is 6.10 Å². The van der Waals surface area contributed by atoms with Crippen LogP contribution in [0.5, 0.6) is 0 Å². The Morgan fingerprint density at radius 2 is 1.66 bits per heavy atom. The molecular formula is C18H22B2F3NO7S. The van der Waals surface area contributed by atoms with Crippen LogP contribution in [0.4, 0.5) is 23.7 Å². The number of esters is 1. The average molecular weight is 475 g/mol. The Balaban J connectivity index is 3.37. The third-order valence-corrected chi connectivity index (χ3v) is 4.69. The zero-order valence-electron chi connectivity index (χ0n) is 17.9. The van der Waals surface area contributed by atoms with Crippen molar-refractivity contribution < 1.29 is 45.2 Å². The Hall–Kier alpha value is -2.21. The zero-order chi connectivity index (χ0) is 25.1. The van der Waals surface area contributed by atoms with Crippen molar-refractivity contribution in [2.75, 3.05) is 17.7 Å². The quantitative estimate of drug-likeness (QED) is 0.367. The summed E-state index contributed by atoms with van der Waals surface area (Å²) in [5.74, 6) is -3.40. The van der Waals surface area contributed by atoms with Gasteiger partial charge in [-0.2, -0.15) is 21.6 Å². The first kappa shape index (κ1) is 27.8. The van der Waals surface area contributed by atoms with E-state index in [1.165, 1.54) is 13.1 Å². The van der Waals surface area contributed by atoms with Gasteiger partial charge in [0.15, 0.2) is 0 Å². The SMILES string of the molecule is [B]Cc1cc(N(C)C(=O)OC(C)(C)C)c(C[B])cc1C(=O)OC(CS(=O)(=O)O)C(F)(F)F. The van der Waals surface area contributed by atoms with E-state index in [2.05, 4.69) is 4.74 Å². The molecule has 1 atom stereocenters. The van der Waals surface area contributed by atoms with Gasteiger partial charge in [-0.3, -0.25) is 9.45 Å². The topological polar surface area (TPSA) is 110 Å². The Morgan fingerprint density at radius 1 is 1.12 bits per heavy atom. The lowest BCUT2D eigenvalue weighted by Crippen LogP contribution is -2.39. The lowest BCUT2D eigenvalue weighted by atomic mass is 9.87. The van der Waals surface area contributed by atoms with E-state index in [0.717, 1.165) is 11.0 Å². The van der Waals surface area contributed by atoms with Crippen LogP contribution >= 0.6 is 0 Å². The molecule has 1 N–H and O–H groups in total. The molecule has 4 radical (unpaired) electrons. The number of anilines is 1. The maximum absolute atomic E-state index is 13.1. The van der Waals surface area contributed by atoms with Gasteiger partial charge in [0, 0.05) is 12.7 Å². The monoisotopic (exact) mass is 475 g/mol. The van der Waals surface area contributed by atoms with E-state index >= 15 is 0 Å². The van der Waals surface area contributed by atoms with Crippen LogP contribution in [0, 0.1) is 0 Å². The second kappa shape index (κ2) is 10.2. The molecule has 1 amide bonds. The standard InChI is InChI=1S/C18H22B2F3NO7S/c1-17(2,3)31-16(26)24(4)13-6-10(7-19)12(5-11(13)8-20)15(25)30-14(18(21,22)23)9-32(27,28)29/h5-6,14H,7-9H2,1-4H3,(H,27,28,29). The van der Waals surface area contributed by atoms with E-state index in [0.29, 0.717) is 0 Å². The summed E-state index contributed by atoms with van der Waals surface area (Å²) in [6, 6.07) is 2.37. The molecule has 0 saturated heterocycles. The molecule has 32 heavy (non-hydrogen) atoms. The minimum Gasteiger partial charge on any atom is -0.448 e. The number of carbonyl (C=O) groups excluding carboxylic acids is 2. The first-order chi connectivity index (χ1) is 14.4. The minimum absolute atomic E-state index is 0.00499. The predicted molar refractivity (Wildman–Crippen MR) is 112 cm³/mol. The second-order valence-electron chi connectivity index (χ2n) is 7.77. The summed E-state index contributed by atoms with van der Waals surface area (Å²) >= 11 is 0. The molecule has 174 valence electrons. The minimum atomic E-state index is -5.26. The van der Waals surface area contributed by atoms with Gasteiger partial charge in [-0.1, -0.05) is 12.6 Å². The van der Waals surface area contributed by atoms with Crippen LogP contribution in [0.3, 0.4) is 0 Å². The Kier molecular flexibility index (Phi) is 8.83. The number of ether oxygens (including phenoxy) is 2. The lowest BCUT2D eigenvalue weighted by molar-refractivity contribution is -0.197. The largest absolute Gasteiger partial charge is 0.448 e. The highest BCUT2D eigenvalue weighted by atomic mass is 32.2.